The van der Waals surface area contributed by atoms with Gasteiger partial charge in [-0.1, -0.05) is 276 Å². The summed E-state index contributed by atoms with van der Waals surface area (Å²) in [4.78, 5) is 38.1. The number of esters is 3. The van der Waals surface area contributed by atoms with Crippen LogP contribution in [0.2, 0.25) is 0 Å². The van der Waals surface area contributed by atoms with E-state index in [-0.39, 0.29) is 37.5 Å². The van der Waals surface area contributed by atoms with Crippen molar-refractivity contribution >= 4 is 17.9 Å². The zero-order valence-corrected chi connectivity index (χ0v) is 49.9. The highest BCUT2D eigenvalue weighted by Gasteiger charge is 2.19. The number of ether oxygens (including phenoxy) is 3. The Labute approximate surface area is 475 Å². The predicted octanol–water partition coefficient (Wildman–Crippen LogP) is 21.8. The Kier molecular flexibility index (Phi) is 60.4. The fourth-order valence-corrected chi connectivity index (χ4v) is 8.47. The molecule has 0 rings (SSSR count). The number of hydrogen-bond donors (Lipinski definition) is 0. The van der Waals surface area contributed by atoms with E-state index >= 15 is 0 Å². The topological polar surface area (TPSA) is 78.9 Å². The van der Waals surface area contributed by atoms with E-state index in [1.807, 2.05) is 0 Å². The minimum absolute atomic E-state index is 0.0949. The number of carbonyl (C=O) groups excluding carboxylic acids is 3. The van der Waals surface area contributed by atoms with Gasteiger partial charge in [0.25, 0.3) is 0 Å². The fourth-order valence-electron chi connectivity index (χ4n) is 8.47. The molecule has 0 aliphatic carbocycles. The first kappa shape index (κ1) is 72.5. The van der Waals surface area contributed by atoms with Crippen molar-refractivity contribution in [3.05, 3.63) is 134 Å². The van der Waals surface area contributed by atoms with Crippen LogP contribution in [-0.2, 0) is 28.6 Å². The van der Waals surface area contributed by atoms with Crippen LogP contribution in [0.3, 0.4) is 0 Å². The van der Waals surface area contributed by atoms with E-state index in [0.29, 0.717) is 19.3 Å². The molecule has 0 N–H and O–H groups in total. The van der Waals surface area contributed by atoms with Crippen LogP contribution in [-0.4, -0.2) is 37.2 Å². The van der Waals surface area contributed by atoms with Gasteiger partial charge in [-0.05, 0) is 116 Å². The average Bonchev–Trinajstić information content (AvgIpc) is 3.43. The zero-order chi connectivity index (χ0) is 55.7. The molecular weight excluding hydrogens is 949 g/mol. The third-order valence-corrected chi connectivity index (χ3v) is 13.2. The van der Waals surface area contributed by atoms with Gasteiger partial charge >= 0.3 is 17.9 Å². The second-order valence-electron chi connectivity index (χ2n) is 20.6. The van der Waals surface area contributed by atoms with Gasteiger partial charge in [0.2, 0.25) is 0 Å². The van der Waals surface area contributed by atoms with Gasteiger partial charge in [0.05, 0.1) is 0 Å². The molecular formula is C71H116O6. The molecule has 0 bridgehead atoms. The summed E-state index contributed by atoms with van der Waals surface area (Å²) in [6, 6.07) is 0. The maximum Gasteiger partial charge on any atom is 0.306 e. The Hall–Kier alpha value is -4.45. The molecule has 0 aliphatic rings. The van der Waals surface area contributed by atoms with Gasteiger partial charge in [-0.2, -0.15) is 0 Å². The Bertz CT molecular complexity index is 1650. The Morgan fingerprint density at radius 1 is 0.273 bits per heavy atom. The molecule has 0 aromatic rings. The summed E-state index contributed by atoms with van der Waals surface area (Å²) < 4.78 is 16.8. The molecule has 0 saturated carbocycles. The van der Waals surface area contributed by atoms with Crippen LogP contribution in [0.5, 0.6) is 0 Å². The smallest absolute Gasteiger partial charge is 0.306 e. The number of rotatable bonds is 56. The molecule has 6 heteroatoms. The van der Waals surface area contributed by atoms with Crippen LogP contribution in [0.25, 0.3) is 0 Å². The fraction of sp³-hybridized carbons (Fsp3) is 0.648. The van der Waals surface area contributed by atoms with Gasteiger partial charge in [-0.15, -0.1) is 0 Å². The lowest BCUT2D eigenvalue weighted by molar-refractivity contribution is -0.167. The lowest BCUT2D eigenvalue weighted by Gasteiger charge is -2.18. The molecule has 0 aromatic carbocycles. The maximum absolute atomic E-state index is 12.8. The second kappa shape index (κ2) is 64.1. The molecule has 0 aromatic heterocycles. The molecule has 0 heterocycles. The molecule has 0 radical (unpaired) electrons. The van der Waals surface area contributed by atoms with E-state index in [1.165, 1.54) is 109 Å². The third kappa shape index (κ3) is 62.3. The highest BCUT2D eigenvalue weighted by atomic mass is 16.6. The molecule has 0 spiro atoms. The van der Waals surface area contributed by atoms with E-state index < -0.39 is 6.10 Å². The first-order chi connectivity index (χ1) is 38.0. The lowest BCUT2D eigenvalue weighted by atomic mass is 10.0. The lowest BCUT2D eigenvalue weighted by Crippen LogP contribution is -2.30. The van der Waals surface area contributed by atoms with E-state index in [4.69, 9.17) is 14.2 Å². The van der Waals surface area contributed by atoms with Crippen molar-refractivity contribution in [3.8, 4) is 0 Å². The van der Waals surface area contributed by atoms with Crippen molar-refractivity contribution in [2.24, 2.45) is 0 Å². The molecule has 436 valence electrons. The van der Waals surface area contributed by atoms with Crippen LogP contribution in [0.4, 0.5) is 0 Å². The summed E-state index contributed by atoms with van der Waals surface area (Å²) in [5.74, 6) is -0.940. The highest BCUT2D eigenvalue weighted by molar-refractivity contribution is 5.71. The molecule has 77 heavy (non-hydrogen) atoms. The summed E-state index contributed by atoms with van der Waals surface area (Å²) in [6.45, 7) is 6.36. The molecule has 1 atom stereocenters. The third-order valence-electron chi connectivity index (χ3n) is 13.2. The van der Waals surface area contributed by atoms with Gasteiger partial charge in [-0.25, -0.2) is 0 Å². The quantitative estimate of drug-likeness (QED) is 0.0261. The number of unbranched alkanes of at least 4 members (excludes halogenated alkanes) is 23. The first-order valence-corrected chi connectivity index (χ1v) is 31.7. The number of carbonyl (C=O) groups is 3. The summed E-state index contributed by atoms with van der Waals surface area (Å²) in [6.07, 6.45) is 90.5. The van der Waals surface area contributed by atoms with Crippen molar-refractivity contribution in [3.63, 3.8) is 0 Å². The summed E-state index contributed by atoms with van der Waals surface area (Å²) >= 11 is 0. The summed E-state index contributed by atoms with van der Waals surface area (Å²) in [5.41, 5.74) is 0. The van der Waals surface area contributed by atoms with Crippen LogP contribution in [0.1, 0.15) is 278 Å². The summed E-state index contributed by atoms with van der Waals surface area (Å²) in [5, 5.41) is 0. The predicted molar refractivity (Wildman–Crippen MR) is 334 cm³/mol. The first-order valence-electron chi connectivity index (χ1n) is 31.7. The Morgan fingerprint density at radius 2 is 0.506 bits per heavy atom. The van der Waals surface area contributed by atoms with Gasteiger partial charge < -0.3 is 14.2 Å². The minimum Gasteiger partial charge on any atom is -0.462 e. The van der Waals surface area contributed by atoms with Gasteiger partial charge in [0, 0.05) is 19.3 Å². The molecule has 1 unspecified atom stereocenters. The SMILES string of the molecule is CC/C=C\C/C=C\C/C=C\C/C=C\C/C=C\C/C=C\C/C=C\CCCCCCCCCCCCCCCC(=O)OCC(COC(=O)CCCCCCCCCCC)OC(=O)CCCC/C=C\C/C=C\C/C=C\C/C=C\CC. The number of hydrogen-bond acceptors (Lipinski definition) is 6. The normalized spacial score (nSPS) is 13.0. The zero-order valence-electron chi connectivity index (χ0n) is 49.9. The van der Waals surface area contributed by atoms with Crippen molar-refractivity contribution in [2.45, 2.75) is 284 Å². The Balaban J connectivity index is 4.14. The van der Waals surface area contributed by atoms with Crippen LogP contribution in [0.15, 0.2) is 134 Å². The monoisotopic (exact) mass is 1060 g/mol. The second-order valence-corrected chi connectivity index (χ2v) is 20.6. The largest absolute Gasteiger partial charge is 0.462 e. The Morgan fingerprint density at radius 3 is 0.818 bits per heavy atom. The minimum atomic E-state index is -0.800. The van der Waals surface area contributed by atoms with Crippen molar-refractivity contribution in [2.75, 3.05) is 13.2 Å². The van der Waals surface area contributed by atoms with Crippen LogP contribution >= 0.6 is 0 Å². The van der Waals surface area contributed by atoms with E-state index in [9.17, 15) is 14.4 Å². The molecule has 0 fully saturated rings. The van der Waals surface area contributed by atoms with Crippen LogP contribution in [0, 0.1) is 0 Å². The van der Waals surface area contributed by atoms with Crippen molar-refractivity contribution in [1.29, 1.82) is 0 Å². The maximum atomic E-state index is 12.8. The standard InChI is InChI=1S/C71H116O6/c1-4-7-10-13-16-19-21-23-25-26-27-28-29-30-31-32-33-34-35-36-37-38-39-40-41-42-43-44-46-47-49-52-55-58-61-64-70(73)76-67-68(66-75-69(72)63-60-57-54-51-18-15-12-9-6-3)77-71(74)65-62-59-56-53-50-48-45-24-22-20-17-14-11-8-5-2/h7-8,10-11,16-17,19-20,23-25,27-28,30-31,33-34,36-37,45,50,53,68H,4-6,9,12-15,18,21-22,26,29,32,35,38-44,46-49,51-52,54-67H2,1-3H3/b10-7-,11-8-,19-16-,20-17-,25-23-,28-27-,31-30-,34-33-,37-36-,45-24-,53-50-. The van der Waals surface area contributed by atoms with Crippen molar-refractivity contribution < 1.29 is 28.6 Å². The molecule has 0 aliphatic heterocycles. The van der Waals surface area contributed by atoms with Gasteiger partial charge in [0.15, 0.2) is 6.10 Å². The van der Waals surface area contributed by atoms with Crippen LogP contribution < -0.4 is 0 Å². The highest BCUT2D eigenvalue weighted by Crippen LogP contribution is 2.15. The average molecular weight is 1070 g/mol. The van der Waals surface area contributed by atoms with E-state index in [2.05, 4.69) is 154 Å². The summed E-state index contributed by atoms with van der Waals surface area (Å²) in [7, 11) is 0. The van der Waals surface area contributed by atoms with E-state index in [1.54, 1.807) is 0 Å². The molecule has 0 amide bonds. The van der Waals surface area contributed by atoms with Gasteiger partial charge in [0.1, 0.15) is 13.2 Å². The van der Waals surface area contributed by atoms with E-state index in [0.717, 1.165) is 122 Å². The number of allylic oxidation sites excluding steroid dienone is 22. The van der Waals surface area contributed by atoms with Gasteiger partial charge in [-0.3, -0.25) is 14.4 Å². The molecule has 0 saturated heterocycles. The van der Waals surface area contributed by atoms with Crippen molar-refractivity contribution in [1.82, 2.24) is 0 Å². The molecule has 6 nitrogen and oxygen atoms in total.